The third-order valence-corrected chi connectivity index (χ3v) is 2.48. The lowest BCUT2D eigenvalue weighted by Gasteiger charge is -2.01. The fraction of sp³-hybridized carbons (Fsp3) is 0. The third-order valence-electron chi connectivity index (χ3n) is 2.48. The predicted octanol–water partition coefficient (Wildman–Crippen LogP) is 3.51. The van der Waals surface area contributed by atoms with Crippen molar-refractivity contribution in [2.75, 3.05) is 0 Å². The van der Waals surface area contributed by atoms with Gasteiger partial charge in [-0.2, -0.15) is 0 Å². The molecule has 0 aliphatic carbocycles. The summed E-state index contributed by atoms with van der Waals surface area (Å²) in [6.07, 6.45) is 0. The van der Waals surface area contributed by atoms with Crippen LogP contribution in [0.3, 0.4) is 0 Å². The van der Waals surface area contributed by atoms with Gasteiger partial charge in [0.2, 0.25) is 5.91 Å². The molecule has 0 unspecified atom stereocenters. The lowest BCUT2D eigenvalue weighted by Crippen LogP contribution is -2.10. The molecule has 0 atom stereocenters. The Morgan fingerprint density at radius 2 is 1.76 bits per heavy atom. The Morgan fingerprint density at radius 1 is 1.06 bits per heavy atom. The molecule has 17 heavy (non-hydrogen) atoms. The summed E-state index contributed by atoms with van der Waals surface area (Å²) < 4.78 is 0. The second-order valence-corrected chi connectivity index (χ2v) is 3.43. The summed E-state index contributed by atoms with van der Waals surface area (Å²) in [5, 5.41) is 9.96. The highest BCUT2D eigenvalue weighted by atomic mass is 35.5. The SMILES string of the molecule is Cl.Cl.NC(=O)c1cc2c3c(cccc3c1)N=N2. The normalized spacial score (nSPS) is 10.8. The van der Waals surface area contributed by atoms with E-state index in [0.29, 0.717) is 5.56 Å². The molecule has 0 spiro atoms. The first-order valence-corrected chi connectivity index (χ1v) is 4.54. The molecule has 0 aromatic heterocycles. The smallest absolute Gasteiger partial charge is 0.248 e. The van der Waals surface area contributed by atoms with Crippen molar-refractivity contribution in [3.63, 3.8) is 0 Å². The van der Waals surface area contributed by atoms with Gasteiger partial charge in [0, 0.05) is 10.9 Å². The van der Waals surface area contributed by atoms with Crippen LogP contribution < -0.4 is 5.73 Å². The third kappa shape index (κ3) is 1.97. The number of benzene rings is 2. The second kappa shape index (κ2) is 4.69. The largest absolute Gasteiger partial charge is 0.366 e. The van der Waals surface area contributed by atoms with Crippen LogP contribution in [-0.2, 0) is 0 Å². The molecule has 2 aromatic carbocycles. The summed E-state index contributed by atoms with van der Waals surface area (Å²) >= 11 is 0. The molecule has 1 heterocycles. The quantitative estimate of drug-likeness (QED) is 0.722. The van der Waals surface area contributed by atoms with Gasteiger partial charge in [0.05, 0.1) is 11.4 Å². The Balaban J connectivity index is 0.000000722. The van der Waals surface area contributed by atoms with Gasteiger partial charge < -0.3 is 5.73 Å². The van der Waals surface area contributed by atoms with Gasteiger partial charge in [0.25, 0.3) is 0 Å². The number of primary amides is 1. The highest BCUT2D eigenvalue weighted by Crippen LogP contribution is 2.40. The zero-order valence-corrected chi connectivity index (χ0v) is 10.2. The Kier molecular flexibility index (Phi) is 3.70. The summed E-state index contributed by atoms with van der Waals surface area (Å²) in [5.74, 6) is -0.444. The van der Waals surface area contributed by atoms with Crippen molar-refractivity contribution in [3.05, 3.63) is 35.9 Å². The summed E-state index contributed by atoms with van der Waals surface area (Å²) in [5.41, 5.74) is 7.27. The van der Waals surface area contributed by atoms with Crippen LogP contribution in [0.1, 0.15) is 10.4 Å². The van der Waals surface area contributed by atoms with E-state index in [1.165, 1.54) is 0 Å². The van der Waals surface area contributed by atoms with Crippen molar-refractivity contribution in [2.45, 2.75) is 0 Å². The van der Waals surface area contributed by atoms with Gasteiger partial charge in [-0.05, 0) is 23.6 Å². The summed E-state index contributed by atoms with van der Waals surface area (Å²) in [6, 6.07) is 9.14. The fourth-order valence-corrected chi connectivity index (χ4v) is 1.80. The maximum absolute atomic E-state index is 11.1. The van der Waals surface area contributed by atoms with Gasteiger partial charge in [-0.15, -0.1) is 35.0 Å². The molecule has 6 heteroatoms. The van der Waals surface area contributed by atoms with Gasteiger partial charge in [-0.1, -0.05) is 12.1 Å². The zero-order chi connectivity index (χ0) is 10.4. The number of azo groups is 1. The predicted molar refractivity (Wildman–Crippen MR) is 71.1 cm³/mol. The number of carbonyl (C=O) groups excluding carboxylic acids is 1. The number of nitrogens with zero attached hydrogens (tertiary/aromatic N) is 2. The molecule has 2 aromatic rings. The highest BCUT2D eigenvalue weighted by Gasteiger charge is 2.14. The Morgan fingerprint density at radius 3 is 2.47 bits per heavy atom. The van der Waals surface area contributed by atoms with Crippen LogP contribution >= 0.6 is 24.8 Å². The molecule has 0 bridgehead atoms. The molecule has 0 saturated carbocycles. The number of carbonyl (C=O) groups is 1. The molecule has 1 aliphatic rings. The van der Waals surface area contributed by atoms with Crippen LogP contribution in [0.2, 0.25) is 0 Å². The molecule has 88 valence electrons. The van der Waals surface area contributed by atoms with Gasteiger partial charge in [-0.3, -0.25) is 4.79 Å². The van der Waals surface area contributed by atoms with Crippen molar-refractivity contribution in [1.82, 2.24) is 0 Å². The number of nitrogens with two attached hydrogens (primary N) is 1. The van der Waals surface area contributed by atoms with Crippen LogP contribution in [0.5, 0.6) is 0 Å². The second-order valence-electron chi connectivity index (χ2n) is 3.43. The van der Waals surface area contributed by atoms with Gasteiger partial charge in [0.1, 0.15) is 0 Å². The van der Waals surface area contributed by atoms with Gasteiger partial charge in [0.15, 0.2) is 0 Å². The Labute approximate surface area is 110 Å². The first-order chi connectivity index (χ1) is 7.25. The van der Waals surface area contributed by atoms with Crippen molar-refractivity contribution in [1.29, 1.82) is 0 Å². The lowest BCUT2D eigenvalue weighted by molar-refractivity contribution is 0.100. The van der Waals surface area contributed by atoms with Gasteiger partial charge >= 0.3 is 0 Å². The average molecular weight is 270 g/mol. The highest BCUT2D eigenvalue weighted by molar-refractivity contribution is 6.07. The Bertz CT molecular complexity index is 625. The summed E-state index contributed by atoms with van der Waals surface area (Å²) in [6.45, 7) is 0. The molecule has 1 aliphatic heterocycles. The monoisotopic (exact) mass is 269 g/mol. The van der Waals surface area contributed by atoms with Gasteiger partial charge in [-0.25, -0.2) is 0 Å². The van der Waals surface area contributed by atoms with E-state index in [1.54, 1.807) is 12.1 Å². The number of hydrogen-bond acceptors (Lipinski definition) is 3. The van der Waals surface area contributed by atoms with Crippen LogP contribution in [0.15, 0.2) is 40.6 Å². The minimum absolute atomic E-state index is 0. The van der Waals surface area contributed by atoms with Crippen molar-refractivity contribution in [3.8, 4) is 0 Å². The van der Waals surface area contributed by atoms with E-state index in [0.717, 1.165) is 22.1 Å². The number of halogens is 2. The van der Waals surface area contributed by atoms with E-state index in [4.69, 9.17) is 5.73 Å². The van der Waals surface area contributed by atoms with Crippen LogP contribution in [-0.4, -0.2) is 5.91 Å². The van der Waals surface area contributed by atoms with E-state index in [9.17, 15) is 4.79 Å². The molecule has 0 fully saturated rings. The van der Waals surface area contributed by atoms with E-state index in [2.05, 4.69) is 10.2 Å². The molecule has 3 rings (SSSR count). The van der Waals surface area contributed by atoms with E-state index in [1.807, 2.05) is 18.2 Å². The zero-order valence-electron chi connectivity index (χ0n) is 8.58. The Hall–Kier alpha value is -1.65. The van der Waals surface area contributed by atoms with E-state index < -0.39 is 5.91 Å². The lowest BCUT2D eigenvalue weighted by atomic mass is 10.0. The van der Waals surface area contributed by atoms with Crippen molar-refractivity contribution in [2.24, 2.45) is 16.0 Å². The molecule has 0 saturated heterocycles. The molecule has 4 nitrogen and oxygen atoms in total. The minimum atomic E-state index is -0.444. The maximum Gasteiger partial charge on any atom is 0.248 e. The van der Waals surface area contributed by atoms with Crippen molar-refractivity contribution < 1.29 is 4.79 Å². The first-order valence-electron chi connectivity index (χ1n) is 4.54. The summed E-state index contributed by atoms with van der Waals surface area (Å²) in [4.78, 5) is 11.1. The van der Waals surface area contributed by atoms with Crippen LogP contribution in [0.4, 0.5) is 11.4 Å². The summed E-state index contributed by atoms with van der Waals surface area (Å²) in [7, 11) is 0. The molecule has 0 radical (unpaired) electrons. The first kappa shape index (κ1) is 13.4. The topological polar surface area (TPSA) is 67.8 Å². The number of rotatable bonds is 1. The molecule has 2 N–H and O–H groups in total. The van der Waals surface area contributed by atoms with E-state index in [-0.39, 0.29) is 24.8 Å². The minimum Gasteiger partial charge on any atom is -0.366 e. The number of amides is 1. The number of hydrogen-bond donors (Lipinski definition) is 1. The average Bonchev–Trinajstić information content (AvgIpc) is 2.64. The van der Waals surface area contributed by atoms with Crippen molar-refractivity contribution >= 4 is 52.9 Å². The fourth-order valence-electron chi connectivity index (χ4n) is 1.80. The molecular weight excluding hydrogens is 261 g/mol. The van der Waals surface area contributed by atoms with Crippen LogP contribution in [0.25, 0.3) is 10.8 Å². The molecular formula is C11H9Cl2N3O. The van der Waals surface area contributed by atoms with E-state index >= 15 is 0 Å². The standard InChI is InChI=1S/C11H7N3O.2ClH/c12-11(15)7-4-6-2-1-3-8-10(6)9(5-7)14-13-8;;/h1-5H,(H2,12,15);2*1H. The van der Waals surface area contributed by atoms with Crippen LogP contribution in [0, 0.1) is 0 Å². The molecule has 1 amide bonds. The maximum atomic E-state index is 11.1.